The van der Waals surface area contributed by atoms with Gasteiger partial charge in [0.2, 0.25) is 10.8 Å². The molecule has 2 heterocycles. The molecule has 3 rings (SSSR count). The molecule has 0 spiro atoms. The molecule has 2 saturated heterocycles. The molecule has 0 radical (unpaired) electrons. The minimum Gasteiger partial charge on any atom is -0.405 e. The molecule has 0 aliphatic carbocycles. The zero-order valence-electron chi connectivity index (χ0n) is 21.5. The molecule has 220 valence electrons. The maximum atomic E-state index is 13.6. The summed E-state index contributed by atoms with van der Waals surface area (Å²) in [6.45, 7) is -1.61. The number of aliphatic hydroxyl groups is 10. The summed E-state index contributed by atoms with van der Waals surface area (Å²) in [5, 5.41) is 108. The van der Waals surface area contributed by atoms with E-state index in [0.717, 1.165) is 48.7 Å². The first-order valence-corrected chi connectivity index (χ1v) is 12.7. The number of hydrogen-bond acceptors (Lipinski definition) is 14. The van der Waals surface area contributed by atoms with Crippen LogP contribution in [0.15, 0.2) is 18.2 Å². The fourth-order valence-corrected chi connectivity index (χ4v) is 6.23. The molecule has 0 bridgehead atoms. The number of likely N-dealkylation sites (tertiary alicyclic amines) is 1. The first kappa shape index (κ1) is 33.0. The van der Waals surface area contributed by atoms with Crippen molar-refractivity contribution in [2.45, 2.75) is 50.8 Å². The van der Waals surface area contributed by atoms with E-state index in [2.05, 4.69) is 5.32 Å². The molecule has 2 fully saturated rings. The number of amides is 2. The van der Waals surface area contributed by atoms with Crippen molar-refractivity contribution in [2.24, 2.45) is 0 Å². The van der Waals surface area contributed by atoms with Gasteiger partial charge in [-0.25, -0.2) is 4.39 Å². The number of thioether (sulfide) groups is 1. The van der Waals surface area contributed by atoms with E-state index < -0.39 is 79.5 Å². The van der Waals surface area contributed by atoms with Gasteiger partial charge < -0.3 is 61.7 Å². The molecule has 1 aromatic rings. The number of nitrogens with zero attached hydrogens (tertiary/aromatic N) is 1. The highest BCUT2D eigenvalue weighted by molar-refractivity contribution is 8.09. The normalized spacial score (nSPS) is 28.6. The van der Waals surface area contributed by atoms with Gasteiger partial charge in [-0.05, 0) is 25.1 Å². The van der Waals surface area contributed by atoms with Crippen LogP contribution in [0.2, 0.25) is 5.02 Å². The summed E-state index contributed by atoms with van der Waals surface area (Å²) < 4.78 is 10.9. The summed E-state index contributed by atoms with van der Waals surface area (Å²) >= 11 is 5.70. The van der Waals surface area contributed by atoms with Crippen LogP contribution in [0.3, 0.4) is 0 Å². The summed E-state index contributed by atoms with van der Waals surface area (Å²) in [5.41, 5.74) is -5.42. The first-order chi connectivity index (χ1) is 17.7. The number of carbonyl (C=O) groups excluding carboxylic acids is 2. The van der Waals surface area contributed by atoms with Crippen LogP contribution in [0.25, 0.3) is 0 Å². The Kier molecular flexibility index (Phi) is 7.83. The minimum absolute atomic E-state index is 0.0117. The first-order valence-electron chi connectivity index (χ1n) is 11.5. The number of halogens is 2. The Morgan fingerprint density at radius 2 is 1.57 bits per heavy atom. The quantitative estimate of drug-likeness (QED) is 0.0742. The van der Waals surface area contributed by atoms with Crippen LogP contribution >= 0.6 is 23.4 Å². The predicted octanol–water partition coefficient (Wildman–Crippen LogP) is -8.28. The smallest absolute Gasteiger partial charge is 0.288 e. The predicted molar refractivity (Wildman–Crippen MR) is 142 cm³/mol. The van der Waals surface area contributed by atoms with Crippen LogP contribution in [0.4, 0.5) is 4.39 Å². The van der Waals surface area contributed by atoms with Gasteiger partial charge >= 0.3 is 0 Å². The minimum atomic E-state index is -4.14. The van der Waals surface area contributed by atoms with Gasteiger partial charge in [0.25, 0.3) is 23.5 Å². The standard InChI is InChI=1S/C19H28B3ClFN3O12S/c1-12(16(20,21)33,17(22,34)35)26-10(28)5-27-18(36,37)14(30,31)13(15(32,40-13)19(27,38)39)6-25-11(29)7-2-8(23)4-9(24)3-7/h2-4,30-39H,5-6,20-22H2,1H3,(H,25,29)(H,26,28). The van der Waals surface area contributed by atoms with Crippen molar-refractivity contribution in [3.63, 3.8) is 0 Å². The summed E-state index contributed by atoms with van der Waals surface area (Å²) in [5.74, 6) is -15.3. The summed E-state index contributed by atoms with van der Waals surface area (Å²) in [7, 11) is 3.01. The third-order valence-electron chi connectivity index (χ3n) is 7.55. The third kappa shape index (κ3) is 4.64. The van der Waals surface area contributed by atoms with Crippen LogP contribution in [-0.2, 0) is 4.79 Å². The second-order valence-corrected chi connectivity index (χ2v) is 12.6. The van der Waals surface area contributed by atoms with E-state index >= 15 is 0 Å². The van der Waals surface area contributed by atoms with Gasteiger partial charge in [0.1, 0.15) is 31.9 Å². The van der Waals surface area contributed by atoms with Gasteiger partial charge in [-0.3, -0.25) is 9.59 Å². The van der Waals surface area contributed by atoms with Gasteiger partial charge in [0.05, 0.1) is 12.1 Å². The van der Waals surface area contributed by atoms with Gasteiger partial charge in [-0.1, -0.05) is 23.4 Å². The Labute approximate surface area is 237 Å². The van der Waals surface area contributed by atoms with Crippen LogP contribution in [-0.4, -0.2) is 148 Å². The number of piperidine rings is 1. The van der Waals surface area contributed by atoms with E-state index in [0.29, 0.717) is 0 Å². The SMILES string of the molecule is BC(B)(O)C(C)(NC(=O)CN1C(O)(O)C(O)(O)C2(CNC(=O)c3cc(F)cc(Cl)c3)SC2(O)C1(O)O)C(B)(O)O. The highest BCUT2D eigenvalue weighted by Crippen LogP contribution is 2.75. The third-order valence-corrected chi connectivity index (χ3v) is 9.56. The monoisotopic (exact) mass is 609 g/mol. The highest BCUT2D eigenvalue weighted by atomic mass is 35.5. The molecule has 21 heteroatoms. The molecule has 12 N–H and O–H groups in total. The average Bonchev–Trinajstić information content (AvgIpc) is 3.41. The average molecular weight is 609 g/mol. The van der Waals surface area contributed by atoms with Crippen molar-refractivity contribution >= 4 is 58.7 Å². The fourth-order valence-electron chi connectivity index (χ4n) is 4.54. The van der Waals surface area contributed by atoms with Crippen molar-refractivity contribution in [1.82, 2.24) is 15.5 Å². The van der Waals surface area contributed by atoms with E-state index in [4.69, 9.17) is 11.6 Å². The Bertz CT molecular complexity index is 1200. The molecule has 40 heavy (non-hydrogen) atoms. The molecule has 1 aromatic carbocycles. The zero-order valence-corrected chi connectivity index (χ0v) is 23.1. The molecule has 0 saturated carbocycles. The maximum Gasteiger partial charge on any atom is 0.288 e. The molecule has 0 aromatic heterocycles. The summed E-state index contributed by atoms with van der Waals surface area (Å²) in [6, 6.07) is 2.72. The van der Waals surface area contributed by atoms with E-state index in [1.807, 2.05) is 5.32 Å². The van der Waals surface area contributed by atoms with Crippen molar-refractivity contribution in [2.75, 3.05) is 13.1 Å². The van der Waals surface area contributed by atoms with E-state index in [1.54, 1.807) is 0 Å². The number of rotatable bonds is 8. The van der Waals surface area contributed by atoms with Crippen LogP contribution in [0.5, 0.6) is 0 Å². The molecule has 2 amide bonds. The highest BCUT2D eigenvalue weighted by Gasteiger charge is 2.95. The molecule has 3 atom stereocenters. The topological polar surface area (TPSA) is 264 Å². The molecule has 15 nitrogen and oxygen atoms in total. The number of benzene rings is 1. The van der Waals surface area contributed by atoms with Crippen molar-refractivity contribution in [1.29, 1.82) is 0 Å². The van der Waals surface area contributed by atoms with Gasteiger partial charge in [0, 0.05) is 22.5 Å². The van der Waals surface area contributed by atoms with Crippen molar-refractivity contribution in [3.8, 4) is 0 Å². The van der Waals surface area contributed by atoms with Crippen molar-refractivity contribution in [3.05, 3.63) is 34.6 Å². The lowest BCUT2D eigenvalue weighted by Crippen LogP contribution is -2.86. The summed E-state index contributed by atoms with van der Waals surface area (Å²) in [6.07, 6.45) is 0. The van der Waals surface area contributed by atoms with Crippen molar-refractivity contribution < 1.29 is 65.0 Å². The largest absolute Gasteiger partial charge is 0.405 e. The van der Waals surface area contributed by atoms with Gasteiger partial charge in [-0.2, -0.15) is 4.90 Å². The Balaban J connectivity index is 1.92. The molecular weight excluding hydrogens is 581 g/mol. The second kappa shape index (κ2) is 9.50. The van der Waals surface area contributed by atoms with Crippen LogP contribution in [0, 0.1) is 5.82 Å². The van der Waals surface area contributed by atoms with Crippen LogP contribution in [0.1, 0.15) is 17.3 Å². The number of carbonyl (C=O) groups is 2. The van der Waals surface area contributed by atoms with E-state index in [9.17, 15) is 65.0 Å². The number of nitrogens with one attached hydrogen (secondary N) is 2. The second-order valence-electron chi connectivity index (χ2n) is 10.7. The fraction of sp³-hybridized carbons (Fsp3) is 0.579. The Morgan fingerprint density at radius 3 is 2.05 bits per heavy atom. The number of fused-ring (bicyclic) bond motifs is 1. The molecule has 2 aliphatic rings. The van der Waals surface area contributed by atoms with Crippen LogP contribution < -0.4 is 10.6 Å². The van der Waals surface area contributed by atoms with Gasteiger partial charge in [-0.15, -0.1) is 0 Å². The van der Waals surface area contributed by atoms with E-state index in [1.165, 1.54) is 0 Å². The molecule has 3 unspecified atom stereocenters. The van der Waals surface area contributed by atoms with Gasteiger partial charge in [0.15, 0.2) is 7.85 Å². The lowest BCUT2D eigenvalue weighted by atomic mass is 9.50. The molecular formula is C19H28B3ClFN3O12S. The number of hydrogen-bond donors (Lipinski definition) is 12. The lowest BCUT2D eigenvalue weighted by Gasteiger charge is -2.55. The molecule has 2 aliphatic heterocycles. The lowest BCUT2D eigenvalue weighted by molar-refractivity contribution is -0.509. The summed E-state index contributed by atoms with van der Waals surface area (Å²) in [4.78, 5) is 21.9. The maximum absolute atomic E-state index is 13.6. The Hall–Kier alpha value is -1.52. The zero-order chi connectivity index (χ0) is 31.1. The van der Waals surface area contributed by atoms with E-state index in [-0.39, 0.29) is 22.3 Å². The Morgan fingerprint density at radius 1 is 1.02 bits per heavy atom.